The Morgan fingerprint density at radius 1 is 0.873 bits per heavy atom. The topological polar surface area (TPSA) is 143 Å². The third-order valence-electron chi connectivity index (χ3n) is 9.97. The van der Waals surface area contributed by atoms with Crippen molar-refractivity contribution < 1.29 is 42.8 Å². The minimum Gasteiger partial charge on any atom is -0.492 e. The maximum atomic E-state index is 13.2. The Balaban J connectivity index is 1.16. The van der Waals surface area contributed by atoms with Gasteiger partial charge >= 0.3 is 18.2 Å². The zero-order chi connectivity index (χ0) is 38.9. The van der Waals surface area contributed by atoms with Crippen LogP contribution in [0.15, 0.2) is 72.8 Å². The number of ether oxygens (including phenoxy) is 6. The van der Waals surface area contributed by atoms with Crippen LogP contribution < -0.4 is 20.7 Å². The van der Waals surface area contributed by atoms with Gasteiger partial charge in [0.2, 0.25) is 0 Å². The van der Waals surface area contributed by atoms with Gasteiger partial charge in [-0.1, -0.05) is 74.5 Å². The maximum absolute atomic E-state index is 13.2. The van der Waals surface area contributed by atoms with Crippen molar-refractivity contribution in [3.8, 4) is 5.75 Å². The quantitative estimate of drug-likeness (QED) is 0.0642. The summed E-state index contributed by atoms with van der Waals surface area (Å²) < 4.78 is 35.9. The highest BCUT2D eigenvalue weighted by Crippen LogP contribution is 2.41. The standard InChI is InChI=1S/C43H59N3O9/c1-4-50-40(47)39(22-21-31(2)3)44-24-12-19-35-27-37(53-42(49)46-29-33-15-10-14-32-13-8-9-20-38(32)33)28-43(54-35)23-11-18-36(55-43)30-52-41(48)45-25-26-51-34-16-6-5-7-17-34/h5-10,13-17,20,31,35-37,39,44H,4,11-12,18-19,21-30H2,1-3H3,(H,45,48)(H,46,49)/t35-,36-,37-,39+,43+/m1/s1. The SMILES string of the molecule is CCOC(=O)[C@H](CCC(C)C)NCCC[C@@H]1C[C@@H](OC(=O)NCc2cccc3ccccc23)C[C@@]2(CCC[C@H](COC(=O)NCCOc3ccccc3)O2)O1. The molecule has 2 saturated heterocycles. The number of esters is 1. The molecule has 2 amide bonds. The van der Waals surface area contributed by atoms with E-state index in [4.69, 9.17) is 28.4 Å². The molecule has 0 aliphatic carbocycles. The summed E-state index contributed by atoms with van der Waals surface area (Å²) in [5.74, 6) is -0.0105. The first-order chi connectivity index (χ1) is 26.7. The molecule has 2 aliphatic heterocycles. The second kappa shape index (κ2) is 21.6. The Morgan fingerprint density at radius 2 is 1.65 bits per heavy atom. The van der Waals surface area contributed by atoms with E-state index >= 15 is 0 Å². The van der Waals surface area contributed by atoms with Gasteiger partial charge in [0.15, 0.2) is 5.79 Å². The van der Waals surface area contributed by atoms with Crippen molar-refractivity contribution in [2.75, 3.05) is 32.9 Å². The fourth-order valence-electron chi connectivity index (χ4n) is 7.28. The predicted octanol–water partition coefficient (Wildman–Crippen LogP) is 7.42. The molecule has 2 aliphatic rings. The van der Waals surface area contributed by atoms with Gasteiger partial charge in [0.05, 0.1) is 25.4 Å². The van der Waals surface area contributed by atoms with Gasteiger partial charge in [0.25, 0.3) is 0 Å². The molecule has 1 spiro atoms. The molecule has 0 unspecified atom stereocenters. The van der Waals surface area contributed by atoms with Crippen LogP contribution in [0, 0.1) is 5.92 Å². The zero-order valence-corrected chi connectivity index (χ0v) is 32.6. The summed E-state index contributed by atoms with van der Waals surface area (Å²) in [6.45, 7) is 8.05. The molecule has 0 radical (unpaired) electrons. The maximum Gasteiger partial charge on any atom is 0.407 e. The molecule has 5 rings (SSSR count). The Hall–Kier alpha value is -4.39. The number of hydrogen-bond donors (Lipinski definition) is 3. The summed E-state index contributed by atoms with van der Waals surface area (Å²) in [5.41, 5.74) is 1.00. The van der Waals surface area contributed by atoms with Gasteiger partial charge in [-0.05, 0) is 86.4 Å². The lowest BCUT2D eigenvalue weighted by atomic mass is 9.90. The number of nitrogens with one attached hydrogen (secondary N) is 3. The average molecular weight is 762 g/mol. The van der Waals surface area contributed by atoms with Crippen LogP contribution in [0.3, 0.4) is 0 Å². The van der Waals surface area contributed by atoms with Crippen LogP contribution in [0.4, 0.5) is 9.59 Å². The smallest absolute Gasteiger partial charge is 0.407 e. The van der Waals surface area contributed by atoms with E-state index in [9.17, 15) is 14.4 Å². The second-order valence-electron chi connectivity index (χ2n) is 14.8. The Kier molecular flexibility index (Phi) is 16.4. The fraction of sp³-hybridized carbons (Fsp3) is 0.558. The van der Waals surface area contributed by atoms with Crippen LogP contribution in [0.2, 0.25) is 0 Å². The van der Waals surface area contributed by atoms with Crippen molar-refractivity contribution in [2.45, 2.75) is 115 Å². The van der Waals surface area contributed by atoms with Crippen LogP contribution in [-0.4, -0.2) is 81.2 Å². The predicted molar refractivity (Wildman–Crippen MR) is 210 cm³/mol. The minimum absolute atomic E-state index is 0.0632. The number of benzene rings is 3. The molecular weight excluding hydrogens is 702 g/mol. The zero-order valence-electron chi connectivity index (χ0n) is 32.6. The Labute approximate surface area is 325 Å². The minimum atomic E-state index is -0.992. The van der Waals surface area contributed by atoms with Crippen molar-refractivity contribution in [2.24, 2.45) is 5.92 Å². The van der Waals surface area contributed by atoms with Gasteiger partial charge in [-0.3, -0.25) is 4.79 Å². The summed E-state index contributed by atoms with van der Waals surface area (Å²) >= 11 is 0. The second-order valence-corrected chi connectivity index (χ2v) is 14.8. The molecule has 300 valence electrons. The van der Waals surface area contributed by atoms with Gasteiger partial charge in [0, 0.05) is 25.8 Å². The van der Waals surface area contributed by atoms with Gasteiger partial charge in [0.1, 0.15) is 31.1 Å². The Morgan fingerprint density at radius 3 is 2.47 bits per heavy atom. The van der Waals surface area contributed by atoms with Crippen LogP contribution in [0.5, 0.6) is 5.75 Å². The molecule has 12 nitrogen and oxygen atoms in total. The largest absolute Gasteiger partial charge is 0.492 e. The molecule has 12 heteroatoms. The van der Waals surface area contributed by atoms with Gasteiger partial charge in [-0.25, -0.2) is 9.59 Å². The van der Waals surface area contributed by atoms with E-state index in [1.807, 2.05) is 79.7 Å². The van der Waals surface area contributed by atoms with E-state index in [1.165, 1.54) is 0 Å². The lowest BCUT2D eigenvalue weighted by molar-refractivity contribution is -0.329. The number of fused-ring (bicyclic) bond motifs is 1. The van der Waals surface area contributed by atoms with Crippen molar-refractivity contribution in [1.29, 1.82) is 0 Å². The molecule has 3 aromatic rings. The number of para-hydroxylation sites is 1. The van der Waals surface area contributed by atoms with E-state index in [-0.39, 0.29) is 30.8 Å². The Bertz CT molecular complexity index is 1630. The lowest BCUT2D eigenvalue weighted by Gasteiger charge is -2.47. The van der Waals surface area contributed by atoms with Gasteiger partial charge < -0.3 is 44.4 Å². The molecule has 3 aromatic carbocycles. The monoisotopic (exact) mass is 761 g/mol. The summed E-state index contributed by atoms with van der Waals surface area (Å²) in [6, 6.07) is 23.1. The molecule has 0 saturated carbocycles. The van der Waals surface area contributed by atoms with Crippen LogP contribution in [0.1, 0.15) is 84.1 Å². The highest BCUT2D eigenvalue weighted by molar-refractivity contribution is 5.86. The van der Waals surface area contributed by atoms with E-state index in [0.717, 1.165) is 41.3 Å². The van der Waals surface area contributed by atoms with E-state index < -0.39 is 24.1 Å². The summed E-state index contributed by atoms with van der Waals surface area (Å²) in [6.07, 6.45) is 3.89. The number of alkyl carbamates (subject to hydrolysis) is 2. The van der Waals surface area contributed by atoms with Crippen molar-refractivity contribution >= 4 is 28.9 Å². The van der Waals surface area contributed by atoms with Crippen LogP contribution in [-0.2, 0) is 35.0 Å². The molecule has 0 aromatic heterocycles. The normalized spacial score (nSPS) is 21.5. The van der Waals surface area contributed by atoms with Gasteiger partial charge in [-0.15, -0.1) is 0 Å². The molecular formula is C43H59N3O9. The lowest BCUT2D eigenvalue weighted by Crippen LogP contribution is -2.53. The number of carbonyl (C=O) groups excluding carboxylic acids is 3. The van der Waals surface area contributed by atoms with Crippen molar-refractivity contribution in [3.63, 3.8) is 0 Å². The number of rotatable bonds is 19. The van der Waals surface area contributed by atoms with E-state index in [2.05, 4.69) is 29.8 Å². The molecule has 2 heterocycles. The van der Waals surface area contributed by atoms with Gasteiger partial charge in [-0.2, -0.15) is 0 Å². The van der Waals surface area contributed by atoms with Crippen LogP contribution in [0.25, 0.3) is 10.8 Å². The van der Waals surface area contributed by atoms with Crippen molar-refractivity contribution in [3.05, 3.63) is 78.4 Å². The van der Waals surface area contributed by atoms with E-state index in [1.54, 1.807) is 0 Å². The first-order valence-electron chi connectivity index (χ1n) is 20.0. The first kappa shape index (κ1) is 41.8. The fourth-order valence-corrected chi connectivity index (χ4v) is 7.28. The third-order valence-corrected chi connectivity index (χ3v) is 9.97. The molecule has 3 N–H and O–H groups in total. The number of carbonyl (C=O) groups is 3. The highest BCUT2D eigenvalue weighted by atomic mass is 16.7. The van der Waals surface area contributed by atoms with Crippen LogP contribution >= 0.6 is 0 Å². The number of amides is 2. The summed E-state index contributed by atoms with van der Waals surface area (Å²) in [5, 5.41) is 11.3. The third kappa shape index (κ3) is 13.7. The molecule has 0 bridgehead atoms. The average Bonchev–Trinajstić information content (AvgIpc) is 3.18. The number of hydrogen-bond acceptors (Lipinski definition) is 10. The first-order valence-corrected chi connectivity index (χ1v) is 20.0. The summed E-state index contributed by atoms with van der Waals surface area (Å²) in [7, 11) is 0. The molecule has 5 atom stereocenters. The van der Waals surface area contributed by atoms with Crippen molar-refractivity contribution in [1.82, 2.24) is 16.0 Å². The molecule has 55 heavy (non-hydrogen) atoms. The molecule has 2 fully saturated rings. The van der Waals surface area contributed by atoms with E-state index in [0.29, 0.717) is 77.3 Å². The summed E-state index contributed by atoms with van der Waals surface area (Å²) in [4.78, 5) is 38.4. The highest BCUT2D eigenvalue weighted by Gasteiger charge is 2.47.